The van der Waals surface area contributed by atoms with Crippen molar-refractivity contribution in [2.45, 2.75) is 13.0 Å². The normalized spacial score (nSPS) is 10.0. The van der Waals surface area contributed by atoms with E-state index in [1.54, 1.807) is 12.4 Å². The van der Waals surface area contributed by atoms with Crippen LogP contribution in [0, 0.1) is 0 Å². The largest absolute Gasteiger partial charge is 0.352 e. The van der Waals surface area contributed by atoms with E-state index in [2.05, 4.69) is 30.9 Å². The Kier molecular flexibility index (Phi) is 3.17. The van der Waals surface area contributed by atoms with Crippen LogP contribution >= 0.6 is 0 Å². The van der Waals surface area contributed by atoms with E-state index in [9.17, 15) is 4.79 Å². The molecule has 0 bridgehead atoms. The summed E-state index contributed by atoms with van der Waals surface area (Å²) in [6.45, 7) is 0.449. The van der Waals surface area contributed by atoms with Crippen molar-refractivity contribution in [3.05, 3.63) is 35.9 Å². The number of H-pyrrole nitrogens is 1. The molecule has 0 radical (unpaired) electrons. The highest BCUT2D eigenvalue weighted by atomic mass is 16.1. The van der Waals surface area contributed by atoms with Crippen LogP contribution in [-0.2, 0) is 17.8 Å². The number of pyridine rings is 1. The molecule has 2 aromatic heterocycles. The summed E-state index contributed by atoms with van der Waals surface area (Å²) in [5, 5.41) is 15.8. The molecule has 82 valence electrons. The van der Waals surface area contributed by atoms with Crippen molar-refractivity contribution in [2.75, 3.05) is 0 Å². The van der Waals surface area contributed by atoms with Crippen LogP contribution in [0.5, 0.6) is 0 Å². The van der Waals surface area contributed by atoms with E-state index < -0.39 is 0 Å². The third-order valence-electron chi connectivity index (χ3n) is 1.92. The van der Waals surface area contributed by atoms with E-state index in [0.29, 0.717) is 12.4 Å². The molecule has 1 amide bonds. The van der Waals surface area contributed by atoms with Crippen molar-refractivity contribution in [1.82, 2.24) is 30.9 Å². The number of tetrazole rings is 1. The summed E-state index contributed by atoms with van der Waals surface area (Å²) in [6.07, 6.45) is 3.51. The Bertz CT molecular complexity index is 440. The van der Waals surface area contributed by atoms with Crippen molar-refractivity contribution in [3.63, 3.8) is 0 Å². The van der Waals surface area contributed by atoms with Crippen LogP contribution in [0.15, 0.2) is 24.5 Å². The van der Waals surface area contributed by atoms with Crippen LogP contribution in [0.1, 0.15) is 11.4 Å². The van der Waals surface area contributed by atoms with Gasteiger partial charge in [0.1, 0.15) is 0 Å². The van der Waals surface area contributed by atoms with Gasteiger partial charge in [-0.05, 0) is 11.6 Å². The molecular weight excluding hydrogens is 208 g/mol. The van der Waals surface area contributed by atoms with Gasteiger partial charge in [0, 0.05) is 18.9 Å². The molecule has 2 N–H and O–H groups in total. The van der Waals surface area contributed by atoms with Gasteiger partial charge in [-0.25, -0.2) is 0 Å². The van der Waals surface area contributed by atoms with E-state index >= 15 is 0 Å². The number of rotatable bonds is 4. The minimum absolute atomic E-state index is 0.122. The quantitative estimate of drug-likeness (QED) is 0.718. The van der Waals surface area contributed by atoms with Crippen LogP contribution < -0.4 is 5.32 Å². The summed E-state index contributed by atoms with van der Waals surface area (Å²) >= 11 is 0. The molecule has 7 nitrogen and oxygen atoms in total. The molecular formula is C9H10N6O. The second-order valence-electron chi connectivity index (χ2n) is 3.14. The number of carbonyl (C=O) groups is 1. The Morgan fingerprint density at radius 2 is 2.44 bits per heavy atom. The van der Waals surface area contributed by atoms with E-state index in [-0.39, 0.29) is 12.3 Å². The fourth-order valence-electron chi connectivity index (χ4n) is 1.17. The molecule has 0 aromatic carbocycles. The fraction of sp³-hybridized carbons (Fsp3) is 0.222. The lowest BCUT2D eigenvalue weighted by Gasteiger charge is -2.02. The van der Waals surface area contributed by atoms with Gasteiger partial charge in [0.15, 0.2) is 5.82 Å². The van der Waals surface area contributed by atoms with E-state index in [4.69, 9.17) is 0 Å². The maximum absolute atomic E-state index is 11.4. The second kappa shape index (κ2) is 4.96. The van der Waals surface area contributed by atoms with E-state index in [1.807, 2.05) is 12.1 Å². The fourth-order valence-corrected chi connectivity index (χ4v) is 1.17. The van der Waals surface area contributed by atoms with Gasteiger partial charge in [-0.15, -0.1) is 10.2 Å². The maximum atomic E-state index is 11.4. The summed E-state index contributed by atoms with van der Waals surface area (Å²) in [5.41, 5.74) is 0.948. The third kappa shape index (κ3) is 2.84. The molecule has 2 aromatic rings. The number of nitrogens with one attached hydrogen (secondary N) is 2. The molecule has 0 spiro atoms. The van der Waals surface area contributed by atoms with Crippen molar-refractivity contribution >= 4 is 5.91 Å². The van der Waals surface area contributed by atoms with Gasteiger partial charge in [0.2, 0.25) is 5.91 Å². The standard InChI is InChI=1S/C9H10N6O/c16-9(4-8-12-14-15-13-8)11-6-7-2-1-3-10-5-7/h1-3,5H,4,6H2,(H,11,16)(H,12,13,14,15). The number of hydrogen-bond donors (Lipinski definition) is 2. The molecule has 0 atom stereocenters. The van der Waals surface area contributed by atoms with Crippen molar-refractivity contribution in [2.24, 2.45) is 0 Å². The van der Waals surface area contributed by atoms with Crippen LogP contribution in [0.2, 0.25) is 0 Å². The van der Waals surface area contributed by atoms with Gasteiger partial charge in [0.05, 0.1) is 6.42 Å². The van der Waals surface area contributed by atoms with E-state index in [1.165, 1.54) is 0 Å². The average Bonchev–Trinajstić information content (AvgIpc) is 2.81. The number of amides is 1. The molecule has 0 saturated heterocycles. The first-order chi connectivity index (χ1) is 7.84. The summed E-state index contributed by atoms with van der Waals surface area (Å²) in [6, 6.07) is 3.71. The second-order valence-corrected chi connectivity index (χ2v) is 3.14. The predicted molar refractivity (Wildman–Crippen MR) is 54.0 cm³/mol. The molecule has 16 heavy (non-hydrogen) atoms. The molecule has 0 saturated carbocycles. The smallest absolute Gasteiger partial charge is 0.228 e. The predicted octanol–water partition coefficient (Wildman–Crippen LogP) is -0.546. The number of carbonyl (C=O) groups excluding carboxylic acids is 1. The topological polar surface area (TPSA) is 96.5 Å². The zero-order valence-corrected chi connectivity index (χ0v) is 8.42. The first kappa shape index (κ1) is 10.2. The molecule has 2 rings (SSSR count). The van der Waals surface area contributed by atoms with Crippen LogP contribution in [0.3, 0.4) is 0 Å². The maximum Gasteiger partial charge on any atom is 0.228 e. The highest BCUT2D eigenvalue weighted by molar-refractivity contribution is 5.77. The average molecular weight is 218 g/mol. The zero-order valence-electron chi connectivity index (χ0n) is 8.42. The van der Waals surface area contributed by atoms with Gasteiger partial charge in [-0.3, -0.25) is 9.78 Å². The van der Waals surface area contributed by atoms with Gasteiger partial charge in [0.25, 0.3) is 0 Å². The van der Waals surface area contributed by atoms with Crippen molar-refractivity contribution in [3.8, 4) is 0 Å². The SMILES string of the molecule is O=C(Cc1nn[nH]n1)NCc1cccnc1. The first-order valence-corrected chi connectivity index (χ1v) is 4.72. The molecule has 0 aliphatic heterocycles. The Labute approximate surface area is 91.3 Å². The molecule has 2 heterocycles. The Morgan fingerprint density at radius 1 is 1.50 bits per heavy atom. The summed E-state index contributed by atoms with van der Waals surface area (Å²) < 4.78 is 0. The van der Waals surface area contributed by atoms with Gasteiger partial charge in [-0.1, -0.05) is 11.3 Å². The molecule has 0 unspecified atom stereocenters. The third-order valence-corrected chi connectivity index (χ3v) is 1.92. The van der Waals surface area contributed by atoms with Gasteiger partial charge < -0.3 is 5.32 Å². The van der Waals surface area contributed by atoms with E-state index in [0.717, 1.165) is 5.56 Å². The lowest BCUT2D eigenvalue weighted by Crippen LogP contribution is -2.25. The van der Waals surface area contributed by atoms with Crippen molar-refractivity contribution in [1.29, 1.82) is 0 Å². The Hall–Kier alpha value is -2.31. The minimum atomic E-state index is -0.148. The summed E-state index contributed by atoms with van der Waals surface area (Å²) in [4.78, 5) is 15.4. The minimum Gasteiger partial charge on any atom is -0.352 e. The van der Waals surface area contributed by atoms with Crippen LogP contribution in [0.4, 0.5) is 0 Å². The number of aromatic amines is 1. The van der Waals surface area contributed by atoms with Gasteiger partial charge >= 0.3 is 0 Å². The lowest BCUT2D eigenvalue weighted by molar-refractivity contribution is -0.120. The highest BCUT2D eigenvalue weighted by Gasteiger charge is 2.06. The van der Waals surface area contributed by atoms with Crippen LogP contribution in [0.25, 0.3) is 0 Å². The Morgan fingerprint density at radius 3 is 3.12 bits per heavy atom. The van der Waals surface area contributed by atoms with Gasteiger partial charge in [-0.2, -0.15) is 5.21 Å². The molecule has 0 aliphatic carbocycles. The molecule has 0 fully saturated rings. The highest BCUT2D eigenvalue weighted by Crippen LogP contribution is 1.94. The lowest BCUT2D eigenvalue weighted by atomic mass is 10.3. The number of hydrogen-bond acceptors (Lipinski definition) is 5. The Balaban J connectivity index is 1.80. The number of aromatic nitrogens is 5. The number of nitrogens with zero attached hydrogens (tertiary/aromatic N) is 4. The first-order valence-electron chi connectivity index (χ1n) is 4.72. The molecule has 0 aliphatic rings. The zero-order chi connectivity index (χ0) is 11.2. The monoisotopic (exact) mass is 218 g/mol. The van der Waals surface area contributed by atoms with Crippen LogP contribution in [-0.4, -0.2) is 31.5 Å². The van der Waals surface area contributed by atoms with Crippen molar-refractivity contribution < 1.29 is 4.79 Å². The summed E-state index contributed by atoms with van der Waals surface area (Å²) in [7, 11) is 0. The molecule has 7 heteroatoms. The summed E-state index contributed by atoms with van der Waals surface area (Å²) in [5.74, 6) is 0.230.